The first-order chi connectivity index (χ1) is 7.52. The summed E-state index contributed by atoms with van der Waals surface area (Å²) in [7, 11) is 1.27. The number of carbonyl (C=O) groups excluding carboxylic acids is 1. The number of esters is 1. The molecule has 0 saturated carbocycles. The van der Waals surface area contributed by atoms with Crippen LogP contribution in [-0.4, -0.2) is 30.1 Å². The molecule has 1 aliphatic heterocycles. The lowest BCUT2D eigenvalue weighted by Crippen LogP contribution is -2.41. The van der Waals surface area contributed by atoms with Crippen molar-refractivity contribution in [1.82, 2.24) is 10.3 Å². The average molecular weight is 222 g/mol. The van der Waals surface area contributed by atoms with Crippen LogP contribution in [0.2, 0.25) is 0 Å². The van der Waals surface area contributed by atoms with E-state index in [0.717, 1.165) is 0 Å². The molecule has 0 saturated heterocycles. The van der Waals surface area contributed by atoms with Crippen LogP contribution >= 0.6 is 0 Å². The number of nitrogens with one attached hydrogen (secondary N) is 2. The van der Waals surface area contributed by atoms with Crippen molar-refractivity contribution in [2.75, 3.05) is 7.11 Å². The molecule has 1 rings (SSSR count). The number of rotatable bonds is 2. The number of allylic oxidation sites excluding steroid dienone is 1. The van der Waals surface area contributed by atoms with Crippen LogP contribution in [0.1, 0.15) is 13.8 Å². The lowest BCUT2D eigenvalue weighted by atomic mass is 10.1. The maximum atomic E-state index is 11.5. The SMILES string of the molecule is C=C1NC(C)=C(C(=O)OC)C(=N)N1/N=C\C. The van der Waals surface area contributed by atoms with Gasteiger partial charge in [0.05, 0.1) is 7.11 Å². The number of methoxy groups -OCH3 is 1. The zero-order chi connectivity index (χ0) is 12.3. The summed E-state index contributed by atoms with van der Waals surface area (Å²) in [4.78, 5) is 11.5. The van der Waals surface area contributed by atoms with Gasteiger partial charge in [0, 0.05) is 11.9 Å². The molecule has 6 nitrogen and oxygen atoms in total. The van der Waals surface area contributed by atoms with E-state index in [4.69, 9.17) is 5.41 Å². The molecule has 6 heteroatoms. The largest absolute Gasteiger partial charge is 0.465 e. The van der Waals surface area contributed by atoms with E-state index in [0.29, 0.717) is 11.5 Å². The maximum Gasteiger partial charge on any atom is 0.343 e. The van der Waals surface area contributed by atoms with Crippen molar-refractivity contribution in [2.24, 2.45) is 5.10 Å². The lowest BCUT2D eigenvalue weighted by Gasteiger charge is -2.29. The summed E-state index contributed by atoms with van der Waals surface area (Å²) in [6.07, 6.45) is 1.51. The van der Waals surface area contributed by atoms with Gasteiger partial charge >= 0.3 is 5.97 Å². The quantitative estimate of drug-likeness (QED) is 0.535. The molecule has 16 heavy (non-hydrogen) atoms. The van der Waals surface area contributed by atoms with Crippen LogP contribution in [0, 0.1) is 5.41 Å². The molecular formula is C10H14N4O2. The zero-order valence-corrected chi connectivity index (χ0v) is 9.50. The second-order valence-corrected chi connectivity index (χ2v) is 3.10. The van der Waals surface area contributed by atoms with E-state index in [1.165, 1.54) is 18.3 Å². The van der Waals surface area contributed by atoms with Gasteiger partial charge < -0.3 is 10.1 Å². The Hall–Kier alpha value is -2.11. The van der Waals surface area contributed by atoms with Gasteiger partial charge in [-0.05, 0) is 13.8 Å². The molecule has 2 N–H and O–H groups in total. The van der Waals surface area contributed by atoms with E-state index < -0.39 is 5.97 Å². The monoisotopic (exact) mass is 222 g/mol. The molecule has 0 spiro atoms. The zero-order valence-electron chi connectivity index (χ0n) is 9.50. The Kier molecular flexibility index (Phi) is 3.44. The van der Waals surface area contributed by atoms with Gasteiger partial charge in [0.1, 0.15) is 11.4 Å². The molecule has 0 bridgehead atoms. The van der Waals surface area contributed by atoms with Crippen molar-refractivity contribution in [3.05, 3.63) is 23.7 Å². The third kappa shape index (κ3) is 1.95. The van der Waals surface area contributed by atoms with E-state index in [2.05, 4.69) is 21.7 Å². The van der Waals surface area contributed by atoms with Crippen LogP contribution in [0.15, 0.2) is 28.8 Å². The first kappa shape index (κ1) is 12.0. The second-order valence-electron chi connectivity index (χ2n) is 3.10. The first-order valence-corrected chi connectivity index (χ1v) is 4.65. The molecule has 0 fully saturated rings. The Morgan fingerprint density at radius 3 is 2.81 bits per heavy atom. The summed E-state index contributed by atoms with van der Waals surface area (Å²) >= 11 is 0. The summed E-state index contributed by atoms with van der Waals surface area (Å²) in [6, 6.07) is 0. The predicted molar refractivity (Wildman–Crippen MR) is 60.7 cm³/mol. The Balaban J connectivity index is 3.17. The summed E-state index contributed by atoms with van der Waals surface area (Å²) < 4.78 is 4.61. The molecule has 0 aromatic rings. The van der Waals surface area contributed by atoms with Gasteiger partial charge in [-0.15, -0.1) is 0 Å². The van der Waals surface area contributed by atoms with Crippen LogP contribution in [0.4, 0.5) is 0 Å². The fourth-order valence-corrected chi connectivity index (χ4v) is 1.35. The van der Waals surface area contributed by atoms with E-state index >= 15 is 0 Å². The number of hydrogen-bond donors (Lipinski definition) is 2. The number of carbonyl (C=O) groups is 1. The van der Waals surface area contributed by atoms with Crippen LogP contribution < -0.4 is 5.32 Å². The normalized spacial score (nSPS) is 16.8. The minimum Gasteiger partial charge on any atom is -0.465 e. The third-order valence-electron chi connectivity index (χ3n) is 2.03. The molecule has 0 aromatic carbocycles. The van der Waals surface area contributed by atoms with E-state index in [9.17, 15) is 4.79 Å². The van der Waals surface area contributed by atoms with Crippen molar-refractivity contribution in [3.63, 3.8) is 0 Å². The molecule has 0 unspecified atom stereocenters. The molecule has 0 aliphatic carbocycles. The maximum absolute atomic E-state index is 11.5. The fraction of sp³-hybridized carbons (Fsp3) is 0.300. The fourth-order valence-electron chi connectivity index (χ4n) is 1.35. The average Bonchev–Trinajstić information content (AvgIpc) is 2.23. The van der Waals surface area contributed by atoms with E-state index in [1.807, 2.05) is 0 Å². The molecule has 86 valence electrons. The lowest BCUT2D eigenvalue weighted by molar-refractivity contribution is -0.135. The standard InChI is InChI=1S/C10H14N4O2/c1-5-12-14-7(3)13-6(2)8(9(14)11)10(15)16-4/h5,11,13H,3H2,1-2,4H3/b11-9?,12-5-. The molecular weight excluding hydrogens is 208 g/mol. The van der Waals surface area contributed by atoms with Gasteiger partial charge in [0.25, 0.3) is 0 Å². The van der Waals surface area contributed by atoms with Gasteiger partial charge in [0.2, 0.25) is 0 Å². The van der Waals surface area contributed by atoms with Crippen LogP contribution in [0.3, 0.4) is 0 Å². The van der Waals surface area contributed by atoms with Crippen molar-refractivity contribution < 1.29 is 9.53 Å². The van der Waals surface area contributed by atoms with Crippen molar-refractivity contribution in [3.8, 4) is 0 Å². The summed E-state index contributed by atoms with van der Waals surface area (Å²) in [5.74, 6) is -0.196. The highest BCUT2D eigenvalue weighted by molar-refractivity contribution is 6.19. The minimum atomic E-state index is -0.571. The predicted octanol–water partition coefficient (Wildman–Crippen LogP) is 0.793. The molecule has 0 amide bonds. The van der Waals surface area contributed by atoms with Gasteiger partial charge in [0.15, 0.2) is 5.84 Å². The third-order valence-corrected chi connectivity index (χ3v) is 2.03. The highest BCUT2D eigenvalue weighted by atomic mass is 16.5. The number of amidine groups is 1. The number of nitrogens with zero attached hydrogens (tertiary/aromatic N) is 2. The Labute approximate surface area is 93.8 Å². The Bertz CT molecular complexity index is 409. The topological polar surface area (TPSA) is 77.8 Å². The Morgan fingerprint density at radius 1 is 1.69 bits per heavy atom. The van der Waals surface area contributed by atoms with Crippen LogP contribution in [0.25, 0.3) is 0 Å². The second kappa shape index (κ2) is 4.61. The molecule has 0 radical (unpaired) electrons. The highest BCUT2D eigenvalue weighted by Gasteiger charge is 2.29. The molecule has 0 aromatic heterocycles. The molecule has 1 aliphatic rings. The van der Waals surface area contributed by atoms with Crippen LogP contribution in [-0.2, 0) is 9.53 Å². The van der Waals surface area contributed by atoms with Crippen LogP contribution in [0.5, 0.6) is 0 Å². The van der Waals surface area contributed by atoms with Gasteiger partial charge in [-0.3, -0.25) is 5.41 Å². The summed E-state index contributed by atoms with van der Waals surface area (Å²) in [6.45, 7) is 7.10. The number of hydrazone groups is 1. The van der Waals surface area contributed by atoms with Gasteiger partial charge in [-0.2, -0.15) is 10.1 Å². The summed E-state index contributed by atoms with van der Waals surface area (Å²) in [5.41, 5.74) is 0.685. The van der Waals surface area contributed by atoms with Crippen molar-refractivity contribution >= 4 is 18.0 Å². The smallest absolute Gasteiger partial charge is 0.343 e. The van der Waals surface area contributed by atoms with Gasteiger partial charge in [-0.1, -0.05) is 6.58 Å². The van der Waals surface area contributed by atoms with E-state index in [1.54, 1.807) is 13.8 Å². The number of ether oxygens (including phenoxy) is 1. The first-order valence-electron chi connectivity index (χ1n) is 4.65. The van der Waals surface area contributed by atoms with Crippen molar-refractivity contribution in [1.29, 1.82) is 5.41 Å². The van der Waals surface area contributed by atoms with Crippen molar-refractivity contribution in [2.45, 2.75) is 13.8 Å². The number of hydrogen-bond acceptors (Lipinski definition) is 5. The van der Waals surface area contributed by atoms with Gasteiger partial charge in [-0.25, -0.2) is 4.79 Å². The Morgan fingerprint density at radius 2 is 2.31 bits per heavy atom. The minimum absolute atomic E-state index is 0.0498. The molecule has 0 atom stereocenters. The summed E-state index contributed by atoms with van der Waals surface area (Å²) in [5, 5.41) is 15.9. The highest BCUT2D eigenvalue weighted by Crippen LogP contribution is 2.18. The molecule has 1 heterocycles. The van der Waals surface area contributed by atoms with E-state index in [-0.39, 0.29) is 11.4 Å².